The van der Waals surface area contributed by atoms with E-state index in [1.165, 1.54) is 32.1 Å². The van der Waals surface area contributed by atoms with Gasteiger partial charge in [-0.05, 0) is 25.7 Å². The highest BCUT2D eigenvalue weighted by molar-refractivity contribution is 4.82. The Morgan fingerprint density at radius 2 is 1.87 bits per heavy atom. The van der Waals surface area contributed by atoms with Crippen LogP contribution in [0.2, 0.25) is 0 Å². The Hall–Kier alpha value is -0.300. The molecule has 0 rings (SSSR count). The van der Waals surface area contributed by atoms with Crippen molar-refractivity contribution in [3.05, 3.63) is 12.2 Å². The SMILES string of the molecule is C/C=C\C(C)CO[C@@H](CCC)CCCC. The molecule has 1 heteroatoms. The number of rotatable bonds is 9. The van der Waals surface area contributed by atoms with Crippen LogP contribution >= 0.6 is 0 Å². The van der Waals surface area contributed by atoms with Gasteiger partial charge in [-0.1, -0.05) is 52.2 Å². The van der Waals surface area contributed by atoms with E-state index in [1.807, 2.05) is 0 Å². The van der Waals surface area contributed by atoms with Crippen molar-refractivity contribution in [2.45, 2.75) is 65.9 Å². The van der Waals surface area contributed by atoms with Crippen LogP contribution in [0.5, 0.6) is 0 Å². The molecule has 0 aromatic carbocycles. The molecule has 0 amide bonds. The molecule has 0 saturated heterocycles. The van der Waals surface area contributed by atoms with Crippen LogP contribution in [0.3, 0.4) is 0 Å². The first kappa shape index (κ1) is 14.7. The second-order valence-electron chi connectivity index (χ2n) is 4.39. The number of hydrogen-bond donors (Lipinski definition) is 0. The van der Waals surface area contributed by atoms with E-state index < -0.39 is 0 Å². The molecule has 0 aromatic rings. The molecule has 90 valence electrons. The highest BCUT2D eigenvalue weighted by atomic mass is 16.5. The van der Waals surface area contributed by atoms with Crippen molar-refractivity contribution in [3.8, 4) is 0 Å². The highest BCUT2D eigenvalue weighted by Crippen LogP contribution is 2.12. The van der Waals surface area contributed by atoms with Crippen LogP contribution < -0.4 is 0 Å². The average Bonchev–Trinajstić information content (AvgIpc) is 2.22. The summed E-state index contributed by atoms with van der Waals surface area (Å²) in [6.07, 6.45) is 11.0. The standard InChI is InChI=1S/C14H28O/c1-5-8-11-14(10-7-3)15-12-13(4)9-6-2/h6,9,13-14H,5,7-8,10-12H2,1-4H3/b9-6-/t13?,14-/m0/s1. The summed E-state index contributed by atoms with van der Waals surface area (Å²) in [4.78, 5) is 0. The predicted molar refractivity (Wildman–Crippen MR) is 68.2 cm³/mol. The van der Waals surface area contributed by atoms with Gasteiger partial charge in [0.05, 0.1) is 12.7 Å². The van der Waals surface area contributed by atoms with Gasteiger partial charge in [-0.15, -0.1) is 0 Å². The summed E-state index contributed by atoms with van der Waals surface area (Å²) in [6.45, 7) is 9.63. The topological polar surface area (TPSA) is 9.23 Å². The van der Waals surface area contributed by atoms with E-state index >= 15 is 0 Å². The molecule has 0 heterocycles. The lowest BCUT2D eigenvalue weighted by atomic mass is 10.1. The lowest BCUT2D eigenvalue weighted by Gasteiger charge is -2.18. The van der Waals surface area contributed by atoms with E-state index in [2.05, 4.69) is 39.8 Å². The minimum absolute atomic E-state index is 0.489. The molecule has 0 bridgehead atoms. The Kier molecular flexibility index (Phi) is 10.0. The quantitative estimate of drug-likeness (QED) is 0.509. The first-order valence-electron chi connectivity index (χ1n) is 6.48. The first-order chi connectivity index (χ1) is 7.24. The first-order valence-corrected chi connectivity index (χ1v) is 6.48. The molecule has 15 heavy (non-hydrogen) atoms. The van der Waals surface area contributed by atoms with E-state index in [-0.39, 0.29) is 0 Å². The van der Waals surface area contributed by atoms with E-state index in [9.17, 15) is 0 Å². The van der Waals surface area contributed by atoms with Crippen molar-refractivity contribution in [1.82, 2.24) is 0 Å². The normalized spacial score (nSPS) is 15.7. The third kappa shape index (κ3) is 8.68. The number of hydrogen-bond acceptors (Lipinski definition) is 1. The van der Waals surface area contributed by atoms with Gasteiger partial charge in [0, 0.05) is 0 Å². The Balaban J connectivity index is 3.73. The van der Waals surface area contributed by atoms with Crippen molar-refractivity contribution < 1.29 is 4.74 Å². The molecule has 0 aromatic heterocycles. The van der Waals surface area contributed by atoms with Crippen molar-refractivity contribution in [3.63, 3.8) is 0 Å². The van der Waals surface area contributed by atoms with Gasteiger partial charge < -0.3 is 4.74 Å². The summed E-state index contributed by atoms with van der Waals surface area (Å²) in [5, 5.41) is 0. The summed E-state index contributed by atoms with van der Waals surface area (Å²) >= 11 is 0. The van der Waals surface area contributed by atoms with Gasteiger partial charge in [-0.25, -0.2) is 0 Å². The predicted octanol–water partition coefficient (Wildman–Crippen LogP) is 4.57. The van der Waals surface area contributed by atoms with Gasteiger partial charge in [0.15, 0.2) is 0 Å². The van der Waals surface area contributed by atoms with Gasteiger partial charge >= 0.3 is 0 Å². The summed E-state index contributed by atoms with van der Waals surface area (Å²) in [5.41, 5.74) is 0. The monoisotopic (exact) mass is 212 g/mol. The fourth-order valence-corrected chi connectivity index (χ4v) is 1.74. The van der Waals surface area contributed by atoms with E-state index in [4.69, 9.17) is 4.74 Å². The maximum Gasteiger partial charge on any atom is 0.0575 e. The summed E-state index contributed by atoms with van der Waals surface area (Å²) in [7, 11) is 0. The average molecular weight is 212 g/mol. The van der Waals surface area contributed by atoms with Gasteiger partial charge in [-0.3, -0.25) is 0 Å². The Bertz CT molecular complexity index is 151. The molecule has 0 aliphatic carbocycles. The van der Waals surface area contributed by atoms with Crippen molar-refractivity contribution in [1.29, 1.82) is 0 Å². The van der Waals surface area contributed by atoms with Crippen molar-refractivity contribution in [2.24, 2.45) is 5.92 Å². The number of unbranched alkanes of at least 4 members (excludes halogenated alkanes) is 1. The lowest BCUT2D eigenvalue weighted by Crippen LogP contribution is -2.16. The molecule has 1 nitrogen and oxygen atoms in total. The molecule has 0 spiro atoms. The molecule has 0 saturated carbocycles. The van der Waals surface area contributed by atoms with Crippen LogP contribution in [0.1, 0.15) is 59.8 Å². The molecular weight excluding hydrogens is 184 g/mol. The van der Waals surface area contributed by atoms with Crippen LogP contribution in [0.25, 0.3) is 0 Å². The molecule has 1 unspecified atom stereocenters. The van der Waals surface area contributed by atoms with Crippen LogP contribution in [-0.4, -0.2) is 12.7 Å². The summed E-state index contributed by atoms with van der Waals surface area (Å²) < 4.78 is 5.95. The summed E-state index contributed by atoms with van der Waals surface area (Å²) in [5.74, 6) is 0.552. The zero-order chi connectivity index (χ0) is 11.5. The fourth-order valence-electron chi connectivity index (χ4n) is 1.74. The van der Waals surface area contributed by atoms with E-state index in [1.54, 1.807) is 0 Å². The fraction of sp³-hybridized carbons (Fsp3) is 0.857. The summed E-state index contributed by atoms with van der Waals surface area (Å²) in [6, 6.07) is 0. The van der Waals surface area contributed by atoms with Crippen LogP contribution in [0.15, 0.2) is 12.2 Å². The van der Waals surface area contributed by atoms with Gasteiger partial charge in [0.25, 0.3) is 0 Å². The Labute approximate surface area is 95.9 Å². The van der Waals surface area contributed by atoms with Crippen LogP contribution in [0, 0.1) is 5.92 Å². The number of allylic oxidation sites excluding steroid dienone is 1. The molecule has 2 atom stereocenters. The zero-order valence-corrected chi connectivity index (χ0v) is 11.0. The Morgan fingerprint density at radius 1 is 1.13 bits per heavy atom. The molecule has 0 aliphatic heterocycles. The zero-order valence-electron chi connectivity index (χ0n) is 11.0. The molecular formula is C14H28O. The van der Waals surface area contributed by atoms with Crippen LogP contribution in [0.4, 0.5) is 0 Å². The van der Waals surface area contributed by atoms with E-state index in [0.29, 0.717) is 12.0 Å². The van der Waals surface area contributed by atoms with Gasteiger partial charge in [0.2, 0.25) is 0 Å². The minimum Gasteiger partial charge on any atom is -0.378 e. The highest BCUT2D eigenvalue weighted by Gasteiger charge is 2.08. The molecule has 0 N–H and O–H groups in total. The second-order valence-corrected chi connectivity index (χ2v) is 4.39. The smallest absolute Gasteiger partial charge is 0.0575 e. The maximum absolute atomic E-state index is 5.95. The van der Waals surface area contributed by atoms with E-state index in [0.717, 1.165) is 6.61 Å². The minimum atomic E-state index is 0.489. The largest absolute Gasteiger partial charge is 0.378 e. The van der Waals surface area contributed by atoms with Crippen molar-refractivity contribution in [2.75, 3.05) is 6.61 Å². The third-order valence-electron chi connectivity index (χ3n) is 2.61. The third-order valence-corrected chi connectivity index (χ3v) is 2.61. The molecule has 0 fully saturated rings. The van der Waals surface area contributed by atoms with Gasteiger partial charge in [-0.2, -0.15) is 0 Å². The second kappa shape index (κ2) is 10.2. The number of ether oxygens (including phenoxy) is 1. The Morgan fingerprint density at radius 3 is 2.40 bits per heavy atom. The molecule has 0 radical (unpaired) electrons. The van der Waals surface area contributed by atoms with Crippen LogP contribution in [-0.2, 0) is 4.74 Å². The van der Waals surface area contributed by atoms with Gasteiger partial charge in [0.1, 0.15) is 0 Å². The van der Waals surface area contributed by atoms with Crippen molar-refractivity contribution >= 4 is 0 Å². The maximum atomic E-state index is 5.95. The lowest BCUT2D eigenvalue weighted by molar-refractivity contribution is 0.0282. The molecule has 0 aliphatic rings.